The molecule has 2 N–H and O–H groups in total. The van der Waals surface area contributed by atoms with Crippen LogP contribution in [0.3, 0.4) is 0 Å². The minimum absolute atomic E-state index is 0.0968. The summed E-state index contributed by atoms with van der Waals surface area (Å²) in [7, 11) is 0. The first-order valence-electron chi connectivity index (χ1n) is 6.30. The number of hydrogen-bond acceptors (Lipinski definition) is 9. The Morgan fingerprint density at radius 2 is 1.62 bits per heavy atom. The lowest BCUT2D eigenvalue weighted by atomic mass is 10.0. The van der Waals surface area contributed by atoms with Crippen LogP contribution in [0.2, 0.25) is 0 Å². The molecule has 9 heteroatoms. The Hall–Kier alpha value is -1.32. The molecule has 0 aromatic rings. The maximum absolute atomic E-state index is 11.9. The van der Waals surface area contributed by atoms with Gasteiger partial charge in [0.25, 0.3) is 0 Å². The molecule has 5 atom stereocenters. The summed E-state index contributed by atoms with van der Waals surface area (Å²) in [5.41, 5.74) is -1.15. The van der Waals surface area contributed by atoms with Gasteiger partial charge in [0.05, 0.1) is 6.61 Å². The van der Waals surface area contributed by atoms with Crippen LogP contribution in [0.15, 0.2) is 0 Å². The fourth-order valence-corrected chi connectivity index (χ4v) is 3.19. The lowest BCUT2D eigenvalue weighted by molar-refractivity contribution is -0.173. The van der Waals surface area contributed by atoms with Crippen LogP contribution in [0.4, 0.5) is 0 Å². The third-order valence-electron chi connectivity index (χ3n) is 2.65. The lowest BCUT2D eigenvalue weighted by Gasteiger charge is -2.39. The average Bonchev–Trinajstić information content (AvgIpc) is 2.37. The highest BCUT2D eigenvalue weighted by Crippen LogP contribution is 2.36. The summed E-state index contributed by atoms with van der Waals surface area (Å²) in [6.07, 6.45) is -4.35. The third-order valence-corrected chi connectivity index (χ3v) is 4.04. The van der Waals surface area contributed by atoms with Crippen molar-refractivity contribution >= 4 is 29.7 Å². The van der Waals surface area contributed by atoms with Gasteiger partial charge in [-0.2, -0.15) is 0 Å². The summed E-state index contributed by atoms with van der Waals surface area (Å²) in [6, 6.07) is 0. The van der Waals surface area contributed by atoms with Crippen molar-refractivity contribution in [1.29, 1.82) is 0 Å². The highest BCUT2D eigenvalue weighted by Gasteiger charge is 2.51. The second-order valence-electron chi connectivity index (χ2n) is 4.34. The zero-order valence-corrected chi connectivity index (χ0v) is 12.7. The Morgan fingerprint density at radius 3 is 2.10 bits per heavy atom. The molecule has 1 saturated heterocycles. The molecule has 1 heterocycles. The fraction of sp³-hybridized carbons (Fsp3) is 0.750. The van der Waals surface area contributed by atoms with E-state index in [4.69, 9.17) is 14.2 Å². The molecule has 0 spiro atoms. The van der Waals surface area contributed by atoms with Crippen molar-refractivity contribution in [2.45, 2.75) is 49.8 Å². The molecule has 0 aliphatic carbocycles. The van der Waals surface area contributed by atoms with E-state index < -0.39 is 46.9 Å². The van der Waals surface area contributed by atoms with Crippen LogP contribution in [0.25, 0.3) is 0 Å². The third kappa shape index (κ3) is 4.58. The summed E-state index contributed by atoms with van der Waals surface area (Å²) in [5.74, 6) is -2.11. The number of carbonyl (C=O) groups is 3. The predicted octanol–water partition coefficient (Wildman–Crippen LogP) is -0.792. The van der Waals surface area contributed by atoms with Crippen molar-refractivity contribution in [2.75, 3.05) is 6.61 Å². The molecule has 8 nitrogen and oxygen atoms in total. The van der Waals surface area contributed by atoms with E-state index in [9.17, 15) is 24.6 Å². The highest BCUT2D eigenvalue weighted by atomic mass is 32.2. The van der Waals surface area contributed by atoms with E-state index >= 15 is 0 Å². The molecule has 0 amide bonds. The average molecular weight is 322 g/mol. The number of thioether (sulfide) groups is 1. The van der Waals surface area contributed by atoms with Gasteiger partial charge in [-0.3, -0.25) is 14.4 Å². The van der Waals surface area contributed by atoms with Crippen LogP contribution in [-0.4, -0.2) is 63.7 Å². The Bertz CT molecular complexity index is 412. The molecule has 0 unspecified atom stereocenters. The Balaban J connectivity index is 2.97. The molecule has 1 rings (SSSR count). The van der Waals surface area contributed by atoms with Crippen molar-refractivity contribution in [3.05, 3.63) is 0 Å². The highest BCUT2D eigenvalue weighted by molar-refractivity contribution is 8.01. The van der Waals surface area contributed by atoms with Crippen molar-refractivity contribution in [1.82, 2.24) is 0 Å². The van der Waals surface area contributed by atoms with Crippen molar-refractivity contribution in [3.63, 3.8) is 0 Å². The van der Waals surface area contributed by atoms with Gasteiger partial charge in [-0.1, -0.05) is 11.8 Å². The first-order chi connectivity index (χ1) is 9.77. The van der Waals surface area contributed by atoms with E-state index in [1.54, 1.807) is 6.92 Å². The summed E-state index contributed by atoms with van der Waals surface area (Å²) >= 11 is 0.765. The zero-order valence-electron chi connectivity index (χ0n) is 11.8. The quantitative estimate of drug-likeness (QED) is 0.506. The summed E-state index contributed by atoms with van der Waals surface area (Å²) < 4.78 is 14.6. The van der Waals surface area contributed by atoms with Crippen LogP contribution in [0.5, 0.6) is 0 Å². The molecule has 21 heavy (non-hydrogen) atoms. The molecule has 0 aromatic heterocycles. The SMILES string of the molecule is CCOC(=O)[C@@H]1S[C@@H](OC(C)=O)[C@H](O)[C@H](O)[C@H]1OC(C)=O. The molecule has 1 fully saturated rings. The lowest BCUT2D eigenvalue weighted by Crippen LogP contribution is -2.57. The first kappa shape index (κ1) is 17.7. The van der Waals surface area contributed by atoms with E-state index in [-0.39, 0.29) is 6.61 Å². The van der Waals surface area contributed by atoms with Crippen molar-refractivity contribution in [3.8, 4) is 0 Å². The minimum Gasteiger partial charge on any atom is -0.465 e. The van der Waals surface area contributed by atoms with Gasteiger partial charge >= 0.3 is 17.9 Å². The van der Waals surface area contributed by atoms with Crippen LogP contribution in [0.1, 0.15) is 20.8 Å². The van der Waals surface area contributed by atoms with Gasteiger partial charge < -0.3 is 24.4 Å². The molecular formula is C12H18O8S. The number of carbonyl (C=O) groups excluding carboxylic acids is 3. The number of esters is 3. The van der Waals surface area contributed by atoms with Crippen LogP contribution >= 0.6 is 11.8 Å². The molecule has 1 aliphatic heterocycles. The Labute approximate surface area is 125 Å². The molecule has 0 saturated carbocycles. The van der Waals surface area contributed by atoms with Gasteiger partial charge in [0.15, 0.2) is 11.5 Å². The fourth-order valence-electron chi connectivity index (χ4n) is 1.84. The maximum atomic E-state index is 11.9. The van der Waals surface area contributed by atoms with Gasteiger partial charge in [-0.25, -0.2) is 0 Å². The number of aliphatic hydroxyl groups excluding tert-OH is 2. The largest absolute Gasteiger partial charge is 0.465 e. The Morgan fingerprint density at radius 1 is 1.05 bits per heavy atom. The Kier molecular flexibility index (Phi) is 6.43. The van der Waals surface area contributed by atoms with E-state index in [1.165, 1.54) is 0 Å². The van der Waals surface area contributed by atoms with Crippen LogP contribution < -0.4 is 0 Å². The van der Waals surface area contributed by atoms with E-state index in [1.807, 2.05) is 0 Å². The number of rotatable bonds is 4. The number of ether oxygens (including phenoxy) is 3. The smallest absolute Gasteiger partial charge is 0.323 e. The molecule has 1 aliphatic rings. The van der Waals surface area contributed by atoms with Crippen LogP contribution in [0, 0.1) is 0 Å². The normalized spacial score (nSPS) is 32.1. The van der Waals surface area contributed by atoms with Crippen molar-refractivity contribution in [2.24, 2.45) is 0 Å². The number of aliphatic hydroxyl groups is 2. The standard InChI is InChI=1S/C12H18O8S/c1-4-18-11(17)10-9(19-5(2)13)7(15)8(16)12(21-10)20-6(3)14/h7-10,12,15-16H,4H2,1-3H3/t7-,8+,9+,10+,12+/m0/s1. The molecule has 120 valence electrons. The van der Waals surface area contributed by atoms with Crippen LogP contribution in [-0.2, 0) is 28.6 Å². The zero-order chi connectivity index (χ0) is 16.2. The van der Waals surface area contributed by atoms with Crippen molar-refractivity contribution < 1.29 is 38.8 Å². The van der Waals surface area contributed by atoms with Gasteiger partial charge in [0.1, 0.15) is 17.5 Å². The number of hydrogen-bond donors (Lipinski definition) is 2. The van der Waals surface area contributed by atoms with E-state index in [0.29, 0.717) is 0 Å². The monoisotopic (exact) mass is 322 g/mol. The first-order valence-corrected chi connectivity index (χ1v) is 7.24. The van der Waals surface area contributed by atoms with Gasteiger partial charge in [0.2, 0.25) is 0 Å². The van der Waals surface area contributed by atoms with E-state index in [2.05, 4.69) is 0 Å². The second kappa shape index (κ2) is 7.62. The molecular weight excluding hydrogens is 304 g/mol. The summed E-state index contributed by atoms with van der Waals surface area (Å²) in [4.78, 5) is 34.0. The van der Waals surface area contributed by atoms with Gasteiger partial charge in [-0.15, -0.1) is 0 Å². The minimum atomic E-state index is -1.58. The molecule has 0 bridgehead atoms. The summed E-state index contributed by atoms with van der Waals surface area (Å²) in [6.45, 7) is 3.95. The second-order valence-corrected chi connectivity index (χ2v) is 5.59. The molecule has 0 radical (unpaired) electrons. The van der Waals surface area contributed by atoms with Gasteiger partial charge in [-0.05, 0) is 6.92 Å². The van der Waals surface area contributed by atoms with E-state index in [0.717, 1.165) is 25.6 Å². The maximum Gasteiger partial charge on any atom is 0.323 e. The van der Waals surface area contributed by atoms with Gasteiger partial charge in [0, 0.05) is 13.8 Å². The topological polar surface area (TPSA) is 119 Å². The predicted molar refractivity (Wildman–Crippen MR) is 71.1 cm³/mol. The molecule has 0 aromatic carbocycles. The summed E-state index contributed by atoms with van der Waals surface area (Å²) in [5, 5.41) is 18.8.